The van der Waals surface area contributed by atoms with Crippen LogP contribution in [0.1, 0.15) is 32.1 Å². The molecular formula is C9H17F2N. The molecule has 2 rings (SSSR count). The van der Waals surface area contributed by atoms with Crippen molar-refractivity contribution < 1.29 is 9.41 Å². The fraction of sp³-hybridized carbons (Fsp3) is 0.778. The van der Waals surface area contributed by atoms with Crippen LogP contribution < -0.4 is 0 Å². The van der Waals surface area contributed by atoms with Gasteiger partial charge in [0.15, 0.2) is 0 Å². The highest BCUT2D eigenvalue weighted by Gasteiger charge is 2.16. The third-order valence-electron chi connectivity index (χ3n) is 2.53. The van der Waals surface area contributed by atoms with Crippen LogP contribution in [0.25, 0.3) is 0 Å². The topological polar surface area (TPSA) is 3.24 Å². The number of rotatable bonds is 1. The van der Waals surface area contributed by atoms with Crippen molar-refractivity contribution in [3.05, 3.63) is 11.8 Å². The van der Waals surface area contributed by atoms with Crippen LogP contribution in [0.5, 0.6) is 0 Å². The van der Waals surface area contributed by atoms with Gasteiger partial charge in [-0.2, -0.15) is 0 Å². The van der Waals surface area contributed by atoms with Gasteiger partial charge in [0, 0.05) is 18.8 Å². The van der Waals surface area contributed by atoms with Crippen molar-refractivity contribution in [3.8, 4) is 0 Å². The number of halogens is 2. The van der Waals surface area contributed by atoms with E-state index in [4.69, 9.17) is 0 Å². The molecule has 1 saturated heterocycles. The molecule has 1 aliphatic carbocycles. The summed E-state index contributed by atoms with van der Waals surface area (Å²) in [4.78, 5) is 2.56. The van der Waals surface area contributed by atoms with E-state index in [9.17, 15) is 0 Å². The number of likely N-dealkylation sites (tertiary alicyclic amines) is 1. The van der Waals surface area contributed by atoms with Gasteiger partial charge in [0.05, 0.1) is 0 Å². The lowest BCUT2D eigenvalue weighted by Crippen LogP contribution is -2.16. The third-order valence-corrected chi connectivity index (χ3v) is 2.53. The van der Waals surface area contributed by atoms with Crippen LogP contribution in [0.3, 0.4) is 0 Å². The Morgan fingerprint density at radius 3 is 2.17 bits per heavy atom. The van der Waals surface area contributed by atoms with Crippen molar-refractivity contribution in [2.75, 3.05) is 13.1 Å². The van der Waals surface area contributed by atoms with Crippen molar-refractivity contribution in [1.82, 2.24) is 4.90 Å². The average Bonchev–Trinajstić information content (AvgIpc) is 2.59. The van der Waals surface area contributed by atoms with Crippen LogP contribution >= 0.6 is 0 Å². The second-order valence-corrected chi connectivity index (χ2v) is 3.28. The van der Waals surface area contributed by atoms with Crippen molar-refractivity contribution in [3.63, 3.8) is 0 Å². The maximum Gasteiger partial charge on any atom is 0.0175 e. The molecule has 0 spiro atoms. The van der Waals surface area contributed by atoms with E-state index < -0.39 is 0 Å². The Kier molecular flexibility index (Phi) is 4.86. The van der Waals surface area contributed by atoms with Gasteiger partial charge in [0.25, 0.3) is 0 Å². The molecule has 0 N–H and O–H groups in total. The molecule has 2 aliphatic rings. The molecular weight excluding hydrogens is 160 g/mol. The molecule has 0 bridgehead atoms. The van der Waals surface area contributed by atoms with Gasteiger partial charge in [-0.25, -0.2) is 0 Å². The average molecular weight is 177 g/mol. The fourth-order valence-corrected chi connectivity index (χ4v) is 1.95. The summed E-state index contributed by atoms with van der Waals surface area (Å²) in [6.45, 7) is 2.65. The summed E-state index contributed by atoms with van der Waals surface area (Å²) in [5, 5.41) is 0. The Labute approximate surface area is 72.2 Å². The van der Waals surface area contributed by atoms with Gasteiger partial charge in [0.2, 0.25) is 0 Å². The van der Waals surface area contributed by atoms with Crippen molar-refractivity contribution in [2.45, 2.75) is 32.1 Å². The van der Waals surface area contributed by atoms with Crippen molar-refractivity contribution >= 4 is 0 Å². The highest BCUT2D eigenvalue weighted by molar-refractivity contribution is 5.07. The highest BCUT2D eigenvalue weighted by atomic mass is 19.0. The van der Waals surface area contributed by atoms with E-state index in [1.807, 2.05) is 0 Å². The zero-order chi connectivity index (χ0) is 6.81. The van der Waals surface area contributed by atoms with Crippen molar-refractivity contribution in [1.29, 1.82) is 0 Å². The molecule has 1 aliphatic heterocycles. The van der Waals surface area contributed by atoms with Gasteiger partial charge in [-0.1, -0.05) is 6.08 Å². The number of allylic oxidation sites excluding steroid dienone is 2. The number of nitrogens with zero attached hydrogens (tertiary/aromatic N) is 1. The predicted molar refractivity (Wildman–Crippen MR) is 47.7 cm³/mol. The van der Waals surface area contributed by atoms with Gasteiger partial charge in [-0.15, -0.1) is 0 Å². The second-order valence-electron chi connectivity index (χ2n) is 3.28. The lowest BCUT2D eigenvalue weighted by molar-refractivity contribution is 0.415. The summed E-state index contributed by atoms with van der Waals surface area (Å²) in [5.74, 6) is 0. The molecule has 1 heterocycles. The van der Waals surface area contributed by atoms with Crippen LogP contribution in [0.4, 0.5) is 9.41 Å². The van der Waals surface area contributed by atoms with Crippen LogP contribution in [-0.2, 0) is 0 Å². The fourth-order valence-electron chi connectivity index (χ4n) is 1.95. The number of hydrogen-bond acceptors (Lipinski definition) is 1. The Morgan fingerprint density at radius 2 is 1.67 bits per heavy atom. The molecule has 0 saturated carbocycles. The standard InChI is InChI=1S/C9H15N.2FH/c1-2-6-9(5-1)10-7-3-4-8-10;;/h5H,1-4,6-8H2;2*1H. The summed E-state index contributed by atoms with van der Waals surface area (Å²) in [6.07, 6.45) is 9.32. The largest absolute Gasteiger partial charge is 0.375 e. The van der Waals surface area contributed by atoms with Gasteiger partial charge in [0.1, 0.15) is 0 Å². The molecule has 0 aromatic heterocycles. The monoisotopic (exact) mass is 177 g/mol. The lowest BCUT2D eigenvalue weighted by atomic mass is 10.3. The first-order chi connectivity index (χ1) is 4.97. The minimum absolute atomic E-state index is 0. The Balaban J connectivity index is 0.000000605. The molecule has 0 atom stereocenters. The predicted octanol–water partition coefficient (Wildman–Crippen LogP) is 2.46. The van der Waals surface area contributed by atoms with E-state index in [2.05, 4.69) is 11.0 Å². The lowest BCUT2D eigenvalue weighted by Gasteiger charge is -2.18. The molecule has 1 fully saturated rings. The molecule has 3 heteroatoms. The summed E-state index contributed by atoms with van der Waals surface area (Å²) >= 11 is 0. The van der Waals surface area contributed by atoms with E-state index in [0.29, 0.717) is 0 Å². The second kappa shape index (κ2) is 5.12. The van der Waals surface area contributed by atoms with Crippen LogP contribution in [0.15, 0.2) is 11.8 Å². The van der Waals surface area contributed by atoms with E-state index >= 15 is 0 Å². The molecule has 0 radical (unpaired) electrons. The van der Waals surface area contributed by atoms with Crippen LogP contribution in [0, 0.1) is 0 Å². The SMILES string of the molecule is C1=C(N2CCCC2)CCC1.F.F. The zero-order valence-electron chi connectivity index (χ0n) is 7.29. The summed E-state index contributed by atoms with van der Waals surface area (Å²) in [7, 11) is 0. The summed E-state index contributed by atoms with van der Waals surface area (Å²) in [5.41, 5.74) is 1.64. The smallest absolute Gasteiger partial charge is 0.0175 e. The maximum absolute atomic E-state index is 2.56. The normalized spacial score (nSPS) is 21.3. The van der Waals surface area contributed by atoms with E-state index in [0.717, 1.165) is 0 Å². The van der Waals surface area contributed by atoms with Gasteiger partial charge < -0.3 is 4.90 Å². The Hall–Kier alpha value is -0.600. The van der Waals surface area contributed by atoms with E-state index in [1.165, 1.54) is 45.2 Å². The van der Waals surface area contributed by atoms with E-state index in [-0.39, 0.29) is 9.41 Å². The number of hydrogen-bond donors (Lipinski definition) is 0. The first-order valence-electron chi connectivity index (χ1n) is 4.41. The summed E-state index contributed by atoms with van der Waals surface area (Å²) < 4.78 is 0. The summed E-state index contributed by atoms with van der Waals surface area (Å²) in [6, 6.07) is 0. The van der Waals surface area contributed by atoms with Gasteiger partial charge in [-0.05, 0) is 32.1 Å². The zero-order valence-corrected chi connectivity index (χ0v) is 7.29. The molecule has 0 unspecified atom stereocenters. The van der Waals surface area contributed by atoms with Gasteiger partial charge >= 0.3 is 0 Å². The first kappa shape index (κ1) is 11.4. The minimum Gasteiger partial charge on any atom is -0.375 e. The third kappa shape index (κ3) is 2.19. The molecule has 0 amide bonds. The molecule has 0 aromatic rings. The van der Waals surface area contributed by atoms with E-state index in [1.54, 1.807) is 5.70 Å². The Morgan fingerprint density at radius 1 is 1.00 bits per heavy atom. The highest BCUT2D eigenvalue weighted by Crippen LogP contribution is 2.24. The molecule has 0 aromatic carbocycles. The molecule has 72 valence electrons. The minimum atomic E-state index is 0. The molecule has 1 nitrogen and oxygen atoms in total. The molecule has 12 heavy (non-hydrogen) atoms. The quantitative estimate of drug-likeness (QED) is 0.594. The maximum atomic E-state index is 2.56. The van der Waals surface area contributed by atoms with Crippen molar-refractivity contribution in [2.24, 2.45) is 0 Å². The van der Waals surface area contributed by atoms with Crippen LogP contribution in [-0.4, -0.2) is 18.0 Å². The van der Waals surface area contributed by atoms with Gasteiger partial charge in [-0.3, -0.25) is 9.41 Å². The van der Waals surface area contributed by atoms with Crippen LogP contribution in [0.2, 0.25) is 0 Å². The Bertz CT molecular complexity index is 151. The first-order valence-corrected chi connectivity index (χ1v) is 4.41.